The van der Waals surface area contributed by atoms with Crippen molar-refractivity contribution in [3.63, 3.8) is 0 Å². The Hall–Kier alpha value is -2.18. The molecule has 3 fully saturated rings. The van der Waals surface area contributed by atoms with Crippen molar-refractivity contribution >= 4 is 23.3 Å². The summed E-state index contributed by atoms with van der Waals surface area (Å²) in [5.41, 5.74) is 2.09. The van der Waals surface area contributed by atoms with Crippen LogP contribution < -0.4 is 10.2 Å². The number of nitrogens with one attached hydrogen (secondary N) is 1. The van der Waals surface area contributed by atoms with E-state index in [1.54, 1.807) is 6.33 Å². The van der Waals surface area contributed by atoms with Gasteiger partial charge >= 0.3 is 0 Å². The molecule has 1 aromatic heterocycles. The van der Waals surface area contributed by atoms with E-state index >= 15 is 0 Å². The molecule has 2 aliphatic heterocycles. The van der Waals surface area contributed by atoms with Gasteiger partial charge in [-0.05, 0) is 68.6 Å². The van der Waals surface area contributed by atoms with Crippen LogP contribution in [-0.2, 0) is 14.9 Å². The third kappa shape index (κ3) is 4.23. The maximum atomic E-state index is 12.9. The van der Waals surface area contributed by atoms with E-state index in [0.717, 1.165) is 75.2 Å². The smallest absolute Gasteiger partial charge is 0.230 e. The lowest BCUT2D eigenvalue weighted by atomic mass is 9.73. The van der Waals surface area contributed by atoms with Gasteiger partial charge in [0.25, 0.3) is 0 Å². The van der Waals surface area contributed by atoms with Crippen molar-refractivity contribution in [1.82, 2.24) is 15.3 Å². The Kier molecular flexibility index (Phi) is 5.84. The summed E-state index contributed by atoms with van der Waals surface area (Å²) in [6, 6.07) is 7.69. The van der Waals surface area contributed by atoms with Gasteiger partial charge in [0.1, 0.15) is 12.1 Å². The predicted molar refractivity (Wildman–Crippen MR) is 125 cm³/mol. The third-order valence-corrected chi connectivity index (χ3v) is 7.94. The van der Waals surface area contributed by atoms with Crippen molar-refractivity contribution in [3.05, 3.63) is 52.9 Å². The second-order valence-electron chi connectivity index (χ2n) is 9.79. The Balaban J connectivity index is 1.10. The van der Waals surface area contributed by atoms with Gasteiger partial charge in [0.2, 0.25) is 5.91 Å². The number of nitrogens with zero attached hydrogens (tertiary/aromatic N) is 3. The molecular formula is C25H31ClN4O2. The molecule has 1 N–H and O–H groups in total. The van der Waals surface area contributed by atoms with Gasteiger partial charge in [0.05, 0.1) is 18.1 Å². The average molecular weight is 455 g/mol. The van der Waals surface area contributed by atoms with E-state index in [0.29, 0.717) is 11.6 Å². The number of benzene rings is 1. The molecule has 0 radical (unpaired) electrons. The highest BCUT2D eigenvalue weighted by Gasteiger charge is 2.51. The first kappa shape index (κ1) is 21.7. The standard InChI is InChI=1S/C25H31ClN4O2/c1-18-14-27-17-29-22(18)30-12-10-24(11-13-30)7-6-21(32-16-24)15-28-23(31)25(8-9-25)19-2-4-20(26)5-3-19/h2-5,14,17,21H,6-13,15-16H2,1H3,(H,28,31). The summed E-state index contributed by atoms with van der Waals surface area (Å²) in [6.07, 6.45) is 9.82. The van der Waals surface area contributed by atoms with Gasteiger partial charge in [-0.15, -0.1) is 0 Å². The van der Waals surface area contributed by atoms with Crippen LogP contribution >= 0.6 is 11.6 Å². The minimum Gasteiger partial charge on any atom is -0.376 e. The fourth-order valence-corrected chi connectivity index (χ4v) is 5.43. The van der Waals surface area contributed by atoms with Crippen LogP contribution in [0.3, 0.4) is 0 Å². The molecule has 1 atom stereocenters. The maximum absolute atomic E-state index is 12.9. The van der Waals surface area contributed by atoms with Gasteiger partial charge in [-0.2, -0.15) is 0 Å². The summed E-state index contributed by atoms with van der Waals surface area (Å²) in [6.45, 7) is 5.46. The maximum Gasteiger partial charge on any atom is 0.230 e. The van der Waals surface area contributed by atoms with Gasteiger partial charge in [0.15, 0.2) is 0 Å². The van der Waals surface area contributed by atoms with Crippen molar-refractivity contribution in [2.24, 2.45) is 5.41 Å². The highest BCUT2D eigenvalue weighted by Crippen LogP contribution is 2.48. The monoisotopic (exact) mass is 454 g/mol. The van der Waals surface area contributed by atoms with Crippen molar-refractivity contribution in [2.45, 2.75) is 57.0 Å². The highest BCUT2D eigenvalue weighted by molar-refractivity contribution is 6.30. The van der Waals surface area contributed by atoms with Gasteiger partial charge in [-0.3, -0.25) is 4.79 Å². The summed E-state index contributed by atoms with van der Waals surface area (Å²) in [5.74, 6) is 1.18. The minimum atomic E-state index is -0.369. The molecule has 2 aromatic rings. The molecule has 6 nitrogen and oxygen atoms in total. The molecule has 5 rings (SSSR count). The highest BCUT2D eigenvalue weighted by atomic mass is 35.5. The number of piperidine rings is 1. The molecule has 2 saturated heterocycles. The van der Waals surface area contributed by atoms with Crippen LogP contribution in [0, 0.1) is 12.3 Å². The molecule has 1 saturated carbocycles. The van der Waals surface area contributed by atoms with Crippen LogP contribution in [0.2, 0.25) is 5.02 Å². The number of hydrogen-bond acceptors (Lipinski definition) is 5. The van der Waals surface area contributed by atoms with Crippen molar-refractivity contribution in [3.8, 4) is 0 Å². The zero-order chi connectivity index (χ0) is 22.2. The Labute approximate surface area is 194 Å². The number of carbonyl (C=O) groups is 1. The number of aromatic nitrogens is 2. The molecule has 3 heterocycles. The quantitative estimate of drug-likeness (QED) is 0.738. The van der Waals surface area contributed by atoms with E-state index in [2.05, 4.69) is 27.1 Å². The summed E-state index contributed by atoms with van der Waals surface area (Å²) in [4.78, 5) is 23.9. The Morgan fingerprint density at radius 2 is 1.94 bits per heavy atom. The summed E-state index contributed by atoms with van der Waals surface area (Å²) < 4.78 is 6.26. The molecule has 1 unspecified atom stereocenters. The van der Waals surface area contributed by atoms with Gasteiger partial charge in [-0.1, -0.05) is 23.7 Å². The Bertz CT molecular complexity index is 958. The van der Waals surface area contributed by atoms with Crippen LogP contribution in [0.25, 0.3) is 0 Å². The Morgan fingerprint density at radius 1 is 1.19 bits per heavy atom. The first-order chi connectivity index (χ1) is 15.5. The molecule has 32 heavy (non-hydrogen) atoms. The second kappa shape index (κ2) is 8.64. The Morgan fingerprint density at radius 3 is 2.56 bits per heavy atom. The fourth-order valence-electron chi connectivity index (χ4n) is 5.31. The molecule has 1 aliphatic carbocycles. The first-order valence-electron chi connectivity index (χ1n) is 11.7. The van der Waals surface area contributed by atoms with Crippen molar-refractivity contribution in [2.75, 3.05) is 31.1 Å². The van der Waals surface area contributed by atoms with Gasteiger partial charge < -0.3 is 15.0 Å². The third-order valence-electron chi connectivity index (χ3n) is 7.68. The largest absolute Gasteiger partial charge is 0.376 e. The number of anilines is 1. The number of rotatable bonds is 5. The van der Waals surface area contributed by atoms with Crippen LogP contribution in [-0.4, -0.2) is 48.2 Å². The van der Waals surface area contributed by atoms with Crippen LogP contribution in [0.15, 0.2) is 36.8 Å². The molecule has 7 heteroatoms. The lowest BCUT2D eigenvalue weighted by Gasteiger charge is -2.46. The van der Waals surface area contributed by atoms with E-state index in [1.807, 2.05) is 30.5 Å². The molecule has 1 aromatic carbocycles. The zero-order valence-corrected chi connectivity index (χ0v) is 19.4. The fraction of sp³-hybridized carbons (Fsp3) is 0.560. The topological polar surface area (TPSA) is 67.4 Å². The lowest BCUT2D eigenvalue weighted by molar-refractivity contribution is -0.125. The lowest BCUT2D eigenvalue weighted by Crippen LogP contribution is -2.48. The summed E-state index contributed by atoms with van der Waals surface area (Å²) >= 11 is 6.01. The van der Waals surface area contributed by atoms with Gasteiger partial charge in [0, 0.05) is 36.4 Å². The molecule has 1 amide bonds. The average Bonchev–Trinajstić information content (AvgIpc) is 3.62. The molecule has 0 bridgehead atoms. The van der Waals surface area contributed by atoms with E-state index < -0.39 is 0 Å². The second-order valence-corrected chi connectivity index (χ2v) is 10.2. The SMILES string of the molecule is Cc1cncnc1N1CCC2(CCC(CNC(=O)C3(c4ccc(Cl)cc4)CC3)OC2)CC1. The summed E-state index contributed by atoms with van der Waals surface area (Å²) in [5, 5.41) is 3.88. The zero-order valence-electron chi connectivity index (χ0n) is 18.6. The van der Waals surface area contributed by atoms with E-state index in [-0.39, 0.29) is 22.8 Å². The van der Waals surface area contributed by atoms with Crippen LogP contribution in [0.1, 0.15) is 49.7 Å². The van der Waals surface area contributed by atoms with E-state index in [1.165, 1.54) is 0 Å². The summed E-state index contributed by atoms with van der Waals surface area (Å²) in [7, 11) is 0. The minimum absolute atomic E-state index is 0.104. The normalized spacial score (nSPS) is 23.7. The van der Waals surface area contributed by atoms with Crippen LogP contribution in [0.4, 0.5) is 5.82 Å². The van der Waals surface area contributed by atoms with E-state index in [9.17, 15) is 4.79 Å². The number of ether oxygens (including phenoxy) is 1. The number of aryl methyl sites for hydroxylation is 1. The molecule has 3 aliphatic rings. The van der Waals surface area contributed by atoms with Crippen LogP contribution in [0.5, 0.6) is 0 Å². The van der Waals surface area contributed by atoms with Crippen molar-refractivity contribution < 1.29 is 9.53 Å². The van der Waals surface area contributed by atoms with Gasteiger partial charge in [-0.25, -0.2) is 9.97 Å². The molecule has 170 valence electrons. The predicted octanol–water partition coefficient (Wildman–Crippen LogP) is 4.05. The number of halogens is 1. The number of amides is 1. The van der Waals surface area contributed by atoms with Crippen molar-refractivity contribution in [1.29, 1.82) is 0 Å². The molecular weight excluding hydrogens is 424 g/mol. The number of hydrogen-bond donors (Lipinski definition) is 1. The first-order valence-corrected chi connectivity index (χ1v) is 12.1. The molecule has 1 spiro atoms. The van der Waals surface area contributed by atoms with E-state index in [4.69, 9.17) is 16.3 Å². The number of carbonyl (C=O) groups excluding carboxylic acids is 1.